The lowest BCUT2D eigenvalue weighted by molar-refractivity contribution is -0.0754. The number of aromatic nitrogens is 2. The third kappa shape index (κ3) is 3.42. The van der Waals surface area contributed by atoms with Crippen molar-refractivity contribution < 1.29 is 9.90 Å². The highest BCUT2D eigenvalue weighted by atomic mass is 16.3. The predicted molar refractivity (Wildman–Crippen MR) is 107 cm³/mol. The third-order valence-electron chi connectivity index (χ3n) is 7.29. The van der Waals surface area contributed by atoms with E-state index in [-0.39, 0.29) is 23.4 Å². The van der Waals surface area contributed by atoms with E-state index in [1.165, 1.54) is 0 Å². The van der Waals surface area contributed by atoms with E-state index < -0.39 is 5.60 Å². The smallest absolute Gasteiger partial charge is 0.271 e. The molecule has 0 bridgehead atoms. The molecule has 6 heteroatoms. The Balaban J connectivity index is 1.76. The summed E-state index contributed by atoms with van der Waals surface area (Å²) in [5.41, 5.74) is -0.150. The molecule has 1 N–H and O–H groups in total. The fraction of sp³-hybridized carbons (Fsp3) is 0.810. The van der Waals surface area contributed by atoms with Crippen LogP contribution in [0.4, 0.5) is 0 Å². The van der Waals surface area contributed by atoms with Crippen molar-refractivity contribution in [2.24, 2.45) is 5.41 Å². The standard InChI is InChI=1S/C21H36N4O2/c1-15(2)25-17(10-12-22-25)19(26)23(5)14-16-13-20(3)18(24(16)6)9-7-8-11-21(20,4)27/h10,12,15-16,18,27H,7-9,11,13-14H2,1-6H3/t16-,18-,20-,21+/m1/s1. The van der Waals surface area contributed by atoms with Gasteiger partial charge in [-0.1, -0.05) is 19.8 Å². The van der Waals surface area contributed by atoms with E-state index in [0.29, 0.717) is 18.3 Å². The Kier molecular flexibility index (Phi) is 5.43. The normalized spacial score (nSPS) is 34.5. The summed E-state index contributed by atoms with van der Waals surface area (Å²) in [5, 5.41) is 15.5. The molecule has 2 heterocycles. The molecule has 0 spiro atoms. The molecule has 1 aliphatic heterocycles. The Hall–Kier alpha value is -1.40. The Morgan fingerprint density at radius 1 is 1.41 bits per heavy atom. The first-order valence-corrected chi connectivity index (χ1v) is 10.3. The maximum absolute atomic E-state index is 13.0. The first kappa shape index (κ1) is 20.3. The zero-order chi connectivity index (χ0) is 20.0. The molecule has 0 unspecified atom stereocenters. The molecule has 2 aliphatic rings. The number of hydrogen-bond acceptors (Lipinski definition) is 4. The molecule has 2 fully saturated rings. The van der Waals surface area contributed by atoms with Gasteiger partial charge in [0.1, 0.15) is 5.69 Å². The zero-order valence-corrected chi connectivity index (χ0v) is 17.8. The maximum Gasteiger partial charge on any atom is 0.271 e. The van der Waals surface area contributed by atoms with Crippen molar-refractivity contribution in [3.63, 3.8) is 0 Å². The van der Waals surface area contributed by atoms with E-state index in [9.17, 15) is 9.90 Å². The number of hydrogen-bond donors (Lipinski definition) is 1. The van der Waals surface area contributed by atoms with Gasteiger partial charge in [0.15, 0.2) is 0 Å². The van der Waals surface area contributed by atoms with Gasteiger partial charge in [-0.3, -0.25) is 14.4 Å². The average molecular weight is 377 g/mol. The van der Waals surface area contributed by atoms with Crippen molar-refractivity contribution in [1.29, 1.82) is 0 Å². The van der Waals surface area contributed by atoms with Gasteiger partial charge in [-0.05, 0) is 53.1 Å². The minimum atomic E-state index is -0.657. The number of likely N-dealkylation sites (N-methyl/N-ethyl adjacent to an activating group) is 2. The maximum atomic E-state index is 13.0. The van der Waals surface area contributed by atoms with Crippen LogP contribution >= 0.6 is 0 Å². The minimum Gasteiger partial charge on any atom is -0.390 e. The number of rotatable bonds is 4. The van der Waals surface area contributed by atoms with Crippen LogP contribution in [-0.4, -0.2) is 68.9 Å². The number of nitrogens with zero attached hydrogens (tertiary/aromatic N) is 4. The molecule has 152 valence electrons. The van der Waals surface area contributed by atoms with Crippen LogP contribution in [-0.2, 0) is 0 Å². The van der Waals surface area contributed by atoms with Gasteiger partial charge in [0, 0.05) is 43.3 Å². The molecule has 4 atom stereocenters. The van der Waals surface area contributed by atoms with Gasteiger partial charge in [-0.15, -0.1) is 0 Å². The lowest BCUT2D eigenvalue weighted by Crippen LogP contribution is -2.50. The van der Waals surface area contributed by atoms with Crippen molar-refractivity contribution in [1.82, 2.24) is 19.6 Å². The Morgan fingerprint density at radius 2 is 2.11 bits per heavy atom. The molecule has 1 aromatic heterocycles. The van der Waals surface area contributed by atoms with Crippen LogP contribution in [0.25, 0.3) is 0 Å². The molecule has 1 saturated heterocycles. The van der Waals surface area contributed by atoms with Crippen LogP contribution in [0.2, 0.25) is 0 Å². The van der Waals surface area contributed by atoms with E-state index in [0.717, 1.165) is 32.1 Å². The Labute approximate surface area is 163 Å². The first-order chi connectivity index (χ1) is 12.6. The van der Waals surface area contributed by atoms with Crippen LogP contribution in [0.15, 0.2) is 12.3 Å². The van der Waals surface area contributed by atoms with E-state index in [1.54, 1.807) is 16.9 Å². The largest absolute Gasteiger partial charge is 0.390 e. The molecule has 1 amide bonds. The fourth-order valence-electron chi connectivity index (χ4n) is 5.35. The Morgan fingerprint density at radius 3 is 2.78 bits per heavy atom. The first-order valence-electron chi connectivity index (χ1n) is 10.3. The highest BCUT2D eigenvalue weighted by Crippen LogP contribution is 2.52. The second kappa shape index (κ2) is 7.21. The van der Waals surface area contributed by atoms with Crippen molar-refractivity contribution in [3.8, 4) is 0 Å². The summed E-state index contributed by atoms with van der Waals surface area (Å²) in [5.74, 6) is 0.0126. The number of likely N-dealkylation sites (tertiary alicyclic amines) is 1. The quantitative estimate of drug-likeness (QED) is 0.878. The van der Waals surface area contributed by atoms with Gasteiger partial charge in [0.25, 0.3) is 5.91 Å². The lowest BCUT2D eigenvalue weighted by atomic mass is 9.67. The van der Waals surface area contributed by atoms with E-state index >= 15 is 0 Å². The molecule has 1 saturated carbocycles. The third-order valence-corrected chi connectivity index (χ3v) is 7.29. The van der Waals surface area contributed by atoms with E-state index in [2.05, 4.69) is 24.0 Å². The lowest BCUT2D eigenvalue weighted by Gasteiger charge is -2.43. The highest BCUT2D eigenvalue weighted by molar-refractivity contribution is 5.92. The van der Waals surface area contributed by atoms with Gasteiger partial charge in [-0.25, -0.2) is 0 Å². The monoisotopic (exact) mass is 376 g/mol. The average Bonchev–Trinajstić information content (AvgIpc) is 3.14. The zero-order valence-electron chi connectivity index (χ0n) is 17.8. The van der Waals surface area contributed by atoms with Crippen molar-refractivity contribution in [2.45, 2.75) is 83.5 Å². The molecule has 0 radical (unpaired) electrons. The Bertz CT molecular complexity index is 683. The molecule has 0 aromatic carbocycles. The molecule has 1 aliphatic carbocycles. The van der Waals surface area contributed by atoms with Crippen LogP contribution in [0.1, 0.15) is 76.3 Å². The molecule has 27 heavy (non-hydrogen) atoms. The summed E-state index contributed by atoms with van der Waals surface area (Å²) in [4.78, 5) is 17.2. The molecular formula is C21H36N4O2. The molecule has 6 nitrogen and oxygen atoms in total. The summed E-state index contributed by atoms with van der Waals surface area (Å²) in [6.45, 7) is 8.99. The van der Waals surface area contributed by atoms with E-state index in [4.69, 9.17) is 0 Å². The molecular weight excluding hydrogens is 340 g/mol. The molecule has 1 aromatic rings. The van der Waals surface area contributed by atoms with Crippen molar-refractivity contribution in [2.75, 3.05) is 20.6 Å². The van der Waals surface area contributed by atoms with Crippen molar-refractivity contribution in [3.05, 3.63) is 18.0 Å². The topological polar surface area (TPSA) is 61.6 Å². The van der Waals surface area contributed by atoms with Gasteiger partial charge in [0.2, 0.25) is 0 Å². The highest BCUT2D eigenvalue weighted by Gasteiger charge is 2.57. The van der Waals surface area contributed by atoms with Crippen LogP contribution in [0.5, 0.6) is 0 Å². The second-order valence-corrected chi connectivity index (χ2v) is 9.42. The van der Waals surface area contributed by atoms with Gasteiger partial charge >= 0.3 is 0 Å². The number of aliphatic hydroxyl groups is 1. The predicted octanol–water partition coefficient (Wildman–Crippen LogP) is 2.94. The number of fused-ring (bicyclic) bond motifs is 1. The van der Waals surface area contributed by atoms with Gasteiger partial charge in [-0.2, -0.15) is 5.10 Å². The number of amides is 1. The van der Waals surface area contributed by atoms with Gasteiger partial charge < -0.3 is 10.0 Å². The summed E-state index contributed by atoms with van der Waals surface area (Å²) in [6.07, 6.45) is 6.85. The van der Waals surface area contributed by atoms with Crippen LogP contribution in [0, 0.1) is 5.41 Å². The van der Waals surface area contributed by atoms with Crippen LogP contribution in [0.3, 0.4) is 0 Å². The fourth-order valence-corrected chi connectivity index (χ4v) is 5.35. The second-order valence-electron chi connectivity index (χ2n) is 9.42. The summed E-state index contributed by atoms with van der Waals surface area (Å²) in [7, 11) is 4.04. The number of carbonyl (C=O) groups excluding carboxylic acids is 1. The van der Waals surface area contributed by atoms with Gasteiger partial charge in [0.05, 0.1) is 5.60 Å². The number of carbonyl (C=O) groups is 1. The summed E-state index contributed by atoms with van der Waals surface area (Å²) >= 11 is 0. The summed E-state index contributed by atoms with van der Waals surface area (Å²) < 4.78 is 1.78. The van der Waals surface area contributed by atoms with Crippen LogP contribution < -0.4 is 0 Å². The van der Waals surface area contributed by atoms with Crippen molar-refractivity contribution >= 4 is 5.91 Å². The summed E-state index contributed by atoms with van der Waals surface area (Å²) in [6, 6.07) is 2.58. The molecule has 3 rings (SSSR count). The minimum absolute atomic E-state index is 0.0126. The van der Waals surface area contributed by atoms with E-state index in [1.807, 2.05) is 32.7 Å². The SMILES string of the molecule is CC(C)n1nccc1C(=O)N(C)C[C@H]1C[C@]2(C)[C@@H](CCCC[C@]2(C)O)N1C.